The summed E-state index contributed by atoms with van der Waals surface area (Å²) in [5.74, 6) is -0.408. The van der Waals surface area contributed by atoms with Crippen LogP contribution in [0.4, 0.5) is 0 Å². The van der Waals surface area contributed by atoms with Crippen LogP contribution in [0.15, 0.2) is 29.2 Å². The van der Waals surface area contributed by atoms with E-state index >= 15 is 0 Å². The number of benzene rings is 1. The van der Waals surface area contributed by atoms with E-state index in [1.165, 1.54) is 35.7 Å². The molecule has 2 rings (SSSR count). The fourth-order valence-corrected chi connectivity index (χ4v) is 3.70. The Morgan fingerprint density at radius 2 is 1.75 bits per heavy atom. The maximum Gasteiger partial charge on any atom is 0.274 e. The zero-order chi connectivity index (χ0) is 14.6. The number of amides is 1. The zero-order valence-electron chi connectivity index (χ0n) is 11.3. The second-order valence-corrected chi connectivity index (χ2v) is 6.56. The molecule has 1 aromatic carbocycles. The topological polar surface area (TPSA) is 75.7 Å². The zero-order valence-corrected chi connectivity index (χ0v) is 12.1. The number of hydrogen-bond acceptors (Lipinski definition) is 4. The molecule has 0 unspecified atom stereocenters. The van der Waals surface area contributed by atoms with Crippen LogP contribution in [-0.2, 0) is 14.9 Å². The van der Waals surface area contributed by atoms with Crippen molar-refractivity contribution in [2.45, 2.75) is 24.2 Å². The van der Waals surface area contributed by atoms with Gasteiger partial charge in [0.2, 0.25) is 10.0 Å². The highest BCUT2D eigenvalue weighted by molar-refractivity contribution is 7.89. The maximum atomic E-state index is 12.4. The van der Waals surface area contributed by atoms with E-state index in [-0.39, 0.29) is 4.90 Å². The van der Waals surface area contributed by atoms with E-state index in [0.29, 0.717) is 18.7 Å². The number of sulfonamides is 1. The minimum atomic E-state index is -3.45. The Hall–Kier alpha value is -1.44. The molecular weight excluding hydrogens is 280 g/mol. The van der Waals surface area contributed by atoms with Crippen LogP contribution in [0.25, 0.3) is 0 Å². The van der Waals surface area contributed by atoms with Crippen molar-refractivity contribution in [3.63, 3.8) is 0 Å². The lowest BCUT2D eigenvalue weighted by Gasteiger charge is -2.25. The van der Waals surface area contributed by atoms with E-state index in [9.17, 15) is 13.2 Å². The number of nitrogens with zero attached hydrogens (tertiary/aromatic N) is 1. The summed E-state index contributed by atoms with van der Waals surface area (Å²) >= 11 is 0. The van der Waals surface area contributed by atoms with E-state index in [1.54, 1.807) is 0 Å². The van der Waals surface area contributed by atoms with Crippen molar-refractivity contribution in [1.82, 2.24) is 9.79 Å². The molecule has 1 aromatic rings. The van der Waals surface area contributed by atoms with Gasteiger partial charge in [0.05, 0.1) is 12.0 Å². The summed E-state index contributed by atoms with van der Waals surface area (Å²) in [5, 5.41) is 0. The summed E-state index contributed by atoms with van der Waals surface area (Å²) in [5.41, 5.74) is 2.54. The largest absolute Gasteiger partial charge is 0.277 e. The third-order valence-corrected chi connectivity index (χ3v) is 5.18. The van der Waals surface area contributed by atoms with E-state index in [0.717, 1.165) is 19.3 Å². The fourth-order valence-electron chi connectivity index (χ4n) is 2.18. The van der Waals surface area contributed by atoms with Crippen LogP contribution in [0.2, 0.25) is 0 Å². The predicted molar refractivity (Wildman–Crippen MR) is 73.5 cm³/mol. The smallest absolute Gasteiger partial charge is 0.274 e. The van der Waals surface area contributed by atoms with Crippen molar-refractivity contribution >= 4 is 15.9 Å². The maximum absolute atomic E-state index is 12.4. The monoisotopic (exact) mass is 298 g/mol. The molecule has 1 aliphatic heterocycles. The van der Waals surface area contributed by atoms with Crippen LogP contribution in [-0.4, -0.2) is 38.8 Å². The highest BCUT2D eigenvalue weighted by Crippen LogP contribution is 2.20. The van der Waals surface area contributed by atoms with E-state index in [4.69, 9.17) is 0 Å². The first-order valence-corrected chi connectivity index (χ1v) is 7.93. The van der Waals surface area contributed by atoms with Gasteiger partial charge in [0.1, 0.15) is 0 Å². The summed E-state index contributed by atoms with van der Waals surface area (Å²) in [6.45, 7) is 1.13. The lowest BCUT2D eigenvalue weighted by Crippen LogP contribution is -2.35. The summed E-state index contributed by atoms with van der Waals surface area (Å²) in [7, 11) is -2.11. The van der Waals surface area contributed by atoms with E-state index in [2.05, 4.69) is 10.3 Å². The quantitative estimate of drug-likeness (QED) is 0.846. The number of hydroxylamine groups is 1. The van der Waals surface area contributed by atoms with Crippen LogP contribution >= 0.6 is 0 Å². The van der Waals surface area contributed by atoms with E-state index in [1.807, 2.05) is 0 Å². The van der Waals surface area contributed by atoms with Gasteiger partial charge in [0.15, 0.2) is 0 Å². The molecule has 6 nitrogen and oxygen atoms in total. The van der Waals surface area contributed by atoms with Gasteiger partial charge in [-0.3, -0.25) is 9.63 Å². The molecule has 7 heteroatoms. The standard InChI is InChI=1S/C13H18N2O4S/c1-19-14-13(16)11-5-7-12(8-6-11)20(17,18)15-9-3-2-4-10-15/h5-8H,2-4,9-10H2,1H3,(H,14,16). The Balaban J connectivity index is 2.18. The number of carbonyl (C=O) groups is 1. The third kappa shape index (κ3) is 3.17. The molecule has 1 N–H and O–H groups in total. The molecule has 0 atom stereocenters. The van der Waals surface area contributed by atoms with Crippen LogP contribution in [0.3, 0.4) is 0 Å². The molecule has 0 spiro atoms. The summed E-state index contributed by atoms with van der Waals surface area (Å²) in [6.07, 6.45) is 2.86. The molecule has 0 radical (unpaired) electrons. The number of hydrogen-bond donors (Lipinski definition) is 1. The minimum Gasteiger partial charge on any atom is -0.277 e. The highest BCUT2D eigenvalue weighted by atomic mass is 32.2. The molecule has 1 aliphatic rings. The van der Waals surface area contributed by atoms with Gasteiger partial charge in [-0.2, -0.15) is 4.31 Å². The Labute approximate surface area is 118 Å². The lowest BCUT2D eigenvalue weighted by atomic mass is 10.2. The first-order chi connectivity index (χ1) is 9.55. The number of piperidine rings is 1. The van der Waals surface area contributed by atoms with Crippen molar-refractivity contribution in [3.8, 4) is 0 Å². The first-order valence-electron chi connectivity index (χ1n) is 6.49. The normalized spacial score (nSPS) is 16.9. The second kappa shape index (κ2) is 6.34. The van der Waals surface area contributed by atoms with Crippen LogP contribution in [0.1, 0.15) is 29.6 Å². The summed E-state index contributed by atoms with van der Waals surface area (Å²) in [4.78, 5) is 16.3. The van der Waals surface area contributed by atoms with Crippen molar-refractivity contribution in [2.75, 3.05) is 20.2 Å². The molecule has 0 bridgehead atoms. The Bertz CT molecular complexity index is 563. The van der Waals surface area contributed by atoms with Crippen LogP contribution < -0.4 is 5.48 Å². The van der Waals surface area contributed by atoms with Crippen molar-refractivity contribution in [3.05, 3.63) is 29.8 Å². The third-order valence-electron chi connectivity index (χ3n) is 3.26. The average Bonchev–Trinajstić information content (AvgIpc) is 2.48. The van der Waals surface area contributed by atoms with Gasteiger partial charge in [-0.1, -0.05) is 6.42 Å². The molecule has 1 heterocycles. The lowest BCUT2D eigenvalue weighted by molar-refractivity contribution is 0.0537. The molecule has 0 saturated carbocycles. The highest BCUT2D eigenvalue weighted by Gasteiger charge is 2.25. The average molecular weight is 298 g/mol. The summed E-state index contributed by atoms with van der Waals surface area (Å²) < 4.78 is 26.3. The summed E-state index contributed by atoms with van der Waals surface area (Å²) in [6, 6.07) is 5.86. The first kappa shape index (κ1) is 15.0. The second-order valence-electron chi connectivity index (χ2n) is 4.62. The number of rotatable bonds is 4. The van der Waals surface area contributed by atoms with Crippen molar-refractivity contribution < 1.29 is 18.0 Å². The van der Waals surface area contributed by atoms with Gasteiger partial charge in [-0.05, 0) is 37.1 Å². The Morgan fingerprint density at radius 1 is 1.15 bits per heavy atom. The van der Waals surface area contributed by atoms with Crippen molar-refractivity contribution in [1.29, 1.82) is 0 Å². The van der Waals surface area contributed by atoms with Gasteiger partial charge in [-0.25, -0.2) is 13.9 Å². The minimum absolute atomic E-state index is 0.216. The molecule has 0 aromatic heterocycles. The molecule has 1 fully saturated rings. The number of carbonyl (C=O) groups excluding carboxylic acids is 1. The fraction of sp³-hybridized carbons (Fsp3) is 0.462. The van der Waals surface area contributed by atoms with Gasteiger partial charge in [0.25, 0.3) is 5.91 Å². The van der Waals surface area contributed by atoms with Crippen LogP contribution in [0, 0.1) is 0 Å². The van der Waals surface area contributed by atoms with Gasteiger partial charge in [-0.15, -0.1) is 0 Å². The molecule has 20 heavy (non-hydrogen) atoms. The molecular formula is C13H18N2O4S. The van der Waals surface area contributed by atoms with Crippen molar-refractivity contribution in [2.24, 2.45) is 0 Å². The van der Waals surface area contributed by atoms with Gasteiger partial charge in [0, 0.05) is 18.7 Å². The molecule has 0 aliphatic carbocycles. The molecule has 1 saturated heterocycles. The molecule has 1 amide bonds. The van der Waals surface area contributed by atoms with Gasteiger partial charge < -0.3 is 0 Å². The van der Waals surface area contributed by atoms with Gasteiger partial charge >= 0.3 is 0 Å². The van der Waals surface area contributed by atoms with Crippen LogP contribution in [0.5, 0.6) is 0 Å². The predicted octanol–water partition coefficient (Wildman–Crippen LogP) is 1.15. The Morgan fingerprint density at radius 3 is 2.30 bits per heavy atom. The molecule has 110 valence electrons. The SMILES string of the molecule is CONC(=O)c1ccc(S(=O)(=O)N2CCCCC2)cc1. The van der Waals surface area contributed by atoms with E-state index < -0.39 is 15.9 Å². The number of nitrogens with one attached hydrogen (secondary N) is 1. The Kier molecular flexibility index (Phi) is 4.74.